The molecule has 1 aromatic heterocycles. The van der Waals surface area contributed by atoms with Gasteiger partial charge in [0, 0.05) is 50.5 Å². The maximum absolute atomic E-state index is 8.83. The number of aromatic nitrogens is 2. The van der Waals surface area contributed by atoms with Crippen molar-refractivity contribution in [2.24, 2.45) is 11.8 Å². The summed E-state index contributed by atoms with van der Waals surface area (Å²) in [6.07, 6.45) is 8.35. The number of anilines is 2. The topological polar surface area (TPSA) is 85.8 Å². The van der Waals surface area contributed by atoms with Crippen LogP contribution in [-0.4, -0.2) is 64.3 Å². The summed E-state index contributed by atoms with van der Waals surface area (Å²) < 4.78 is 0. The Morgan fingerprint density at radius 1 is 1.05 bits per heavy atom. The van der Waals surface area contributed by atoms with Crippen LogP contribution in [0.3, 0.4) is 0 Å². The molecule has 2 aliphatic rings. The Bertz CT molecular complexity index is 975. The lowest BCUT2D eigenvalue weighted by Gasteiger charge is -2.40. The summed E-state index contributed by atoms with van der Waals surface area (Å²) in [7, 11) is 0. The normalized spacial score (nSPS) is 19.2. The number of piperazine rings is 1. The van der Waals surface area contributed by atoms with Crippen LogP contribution in [0.4, 0.5) is 11.8 Å². The minimum Gasteiger partial charge on any atom is -0.370 e. The highest BCUT2D eigenvalue weighted by atomic mass is 17.1. The number of rotatable bonds is 15. The first kappa shape index (κ1) is 28.7. The Morgan fingerprint density at radius 3 is 2.39 bits per heavy atom. The first-order chi connectivity index (χ1) is 18.5. The zero-order valence-corrected chi connectivity index (χ0v) is 23.8. The summed E-state index contributed by atoms with van der Waals surface area (Å²) in [6.45, 7) is 15.5. The molecule has 0 spiro atoms. The second kappa shape index (κ2) is 14.2. The van der Waals surface area contributed by atoms with E-state index in [4.69, 9.17) is 5.26 Å². The zero-order chi connectivity index (χ0) is 26.9. The van der Waals surface area contributed by atoms with Crippen LogP contribution in [0.2, 0.25) is 0 Å². The van der Waals surface area contributed by atoms with Crippen molar-refractivity contribution in [1.29, 1.82) is 0 Å². The molecular weight excluding hydrogens is 476 g/mol. The standard InChI is InChI=1S/C30H48N6O2/c1-5-22(3)13-14-35-15-17-36(18-16-35)28(19-24-7-8-24)26-11-9-25(10-12-26)23(4)33-30-32-20-27(21-38-37)29(34-30)31-6-2/h9-12,20,22-24,28,37H,5-8,13-19,21H2,1-4H3,(H2,31,32,33,34)/t22?,23-,28-/m0/s1. The van der Waals surface area contributed by atoms with Crippen molar-refractivity contribution in [2.75, 3.05) is 49.9 Å². The average Bonchev–Trinajstić information content (AvgIpc) is 3.77. The predicted octanol–water partition coefficient (Wildman–Crippen LogP) is 5.97. The van der Waals surface area contributed by atoms with Gasteiger partial charge in [0.15, 0.2) is 0 Å². The van der Waals surface area contributed by atoms with Crippen molar-refractivity contribution in [1.82, 2.24) is 19.8 Å². The van der Waals surface area contributed by atoms with Crippen LogP contribution in [0.25, 0.3) is 0 Å². The molecular formula is C30H48N6O2. The molecule has 210 valence electrons. The van der Waals surface area contributed by atoms with E-state index in [2.05, 4.69) is 80.3 Å². The minimum atomic E-state index is 0.0504. The van der Waals surface area contributed by atoms with Crippen LogP contribution < -0.4 is 10.6 Å². The van der Waals surface area contributed by atoms with Crippen molar-refractivity contribution in [3.8, 4) is 0 Å². The van der Waals surface area contributed by atoms with Crippen LogP contribution in [0.1, 0.15) is 88.6 Å². The predicted molar refractivity (Wildman–Crippen MR) is 154 cm³/mol. The second-order valence-electron chi connectivity index (χ2n) is 11.3. The van der Waals surface area contributed by atoms with E-state index in [0.29, 0.717) is 17.8 Å². The molecule has 1 aromatic carbocycles. The van der Waals surface area contributed by atoms with E-state index in [-0.39, 0.29) is 12.6 Å². The van der Waals surface area contributed by atoms with Gasteiger partial charge in [0.1, 0.15) is 12.4 Å². The highest BCUT2D eigenvalue weighted by Gasteiger charge is 2.31. The summed E-state index contributed by atoms with van der Waals surface area (Å²) in [4.78, 5) is 18.7. The third-order valence-corrected chi connectivity index (χ3v) is 8.33. The molecule has 2 heterocycles. The highest BCUT2D eigenvalue weighted by Crippen LogP contribution is 2.40. The van der Waals surface area contributed by atoms with E-state index in [1.165, 1.54) is 76.0 Å². The molecule has 38 heavy (non-hydrogen) atoms. The molecule has 1 saturated heterocycles. The van der Waals surface area contributed by atoms with Crippen LogP contribution in [0.15, 0.2) is 30.5 Å². The minimum absolute atomic E-state index is 0.0504. The number of hydrogen-bond donors (Lipinski definition) is 3. The molecule has 8 nitrogen and oxygen atoms in total. The molecule has 1 aliphatic carbocycles. The molecule has 1 aliphatic heterocycles. The van der Waals surface area contributed by atoms with Crippen molar-refractivity contribution in [2.45, 2.75) is 78.5 Å². The Morgan fingerprint density at radius 2 is 1.76 bits per heavy atom. The summed E-state index contributed by atoms with van der Waals surface area (Å²) in [5, 5.41) is 15.5. The SMILES string of the molecule is CCNc1nc(N[C@@H](C)c2ccc([C@H](CC3CC3)N3CCN(CCC(C)CC)CC3)cc2)ncc1COO. The lowest BCUT2D eigenvalue weighted by atomic mass is 9.96. The van der Waals surface area contributed by atoms with E-state index in [0.717, 1.165) is 23.9 Å². The molecule has 2 aromatic rings. The van der Waals surface area contributed by atoms with Crippen molar-refractivity contribution < 1.29 is 10.1 Å². The Hall–Kier alpha value is -2.26. The second-order valence-corrected chi connectivity index (χ2v) is 11.3. The van der Waals surface area contributed by atoms with E-state index in [1.54, 1.807) is 6.20 Å². The van der Waals surface area contributed by atoms with Crippen molar-refractivity contribution in [3.63, 3.8) is 0 Å². The van der Waals surface area contributed by atoms with Gasteiger partial charge in [-0.1, -0.05) is 57.4 Å². The van der Waals surface area contributed by atoms with Crippen molar-refractivity contribution >= 4 is 11.8 Å². The van der Waals surface area contributed by atoms with Gasteiger partial charge in [0.25, 0.3) is 0 Å². The van der Waals surface area contributed by atoms with Crippen LogP contribution in [0, 0.1) is 11.8 Å². The van der Waals surface area contributed by atoms with E-state index < -0.39 is 0 Å². The molecule has 3 N–H and O–H groups in total. The lowest BCUT2D eigenvalue weighted by Crippen LogP contribution is -2.48. The molecule has 0 bridgehead atoms. The maximum atomic E-state index is 8.83. The summed E-state index contributed by atoms with van der Waals surface area (Å²) in [5.74, 6) is 2.94. The van der Waals surface area contributed by atoms with Crippen LogP contribution >= 0.6 is 0 Å². The summed E-state index contributed by atoms with van der Waals surface area (Å²) >= 11 is 0. The molecule has 2 fully saturated rings. The molecule has 4 rings (SSSR count). The third-order valence-electron chi connectivity index (χ3n) is 8.33. The Kier molecular flexibility index (Phi) is 10.8. The monoisotopic (exact) mass is 524 g/mol. The van der Waals surface area contributed by atoms with E-state index in [9.17, 15) is 0 Å². The van der Waals surface area contributed by atoms with Crippen molar-refractivity contribution in [3.05, 3.63) is 47.2 Å². The fourth-order valence-electron chi connectivity index (χ4n) is 5.33. The molecule has 0 radical (unpaired) electrons. The fourth-order valence-corrected chi connectivity index (χ4v) is 5.33. The summed E-state index contributed by atoms with van der Waals surface area (Å²) in [6, 6.07) is 9.77. The largest absolute Gasteiger partial charge is 0.370 e. The average molecular weight is 525 g/mol. The van der Waals surface area contributed by atoms with Gasteiger partial charge in [0.05, 0.1) is 6.04 Å². The summed E-state index contributed by atoms with van der Waals surface area (Å²) in [5.41, 5.74) is 3.38. The smallest absolute Gasteiger partial charge is 0.225 e. The Labute approximate surface area is 229 Å². The number of benzene rings is 1. The van der Waals surface area contributed by atoms with Gasteiger partial charge in [-0.3, -0.25) is 10.2 Å². The molecule has 1 unspecified atom stereocenters. The molecule has 8 heteroatoms. The first-order valence-corrected chi connectivity index (χ1v) is 14.7. The van der Waals surface area contributed by atoms with Gasteiger partial charge in [-0.25, -0.2) is 9.87 Å². The third kappa shape index (κ3) is 8.12. The lowest BCUT2D eigenvalue weighted by molar-refractivity contribution is -0.252. The zero-order valence-electron chi connectivity index (χ0n) is 23.8. The Balaban J connectivity index is 1.37. The number of nitrogens with zero attached hydrogens (tertiary/aromatic N) is 4. The van der Waals surface area contributed by atoms with Gasteiger partial charge in [-0.2, -0.15) is 4.98 Å². The molecule has 1 saturated carbocycles. The van der Waals surface area contributed by atoms with Gasteiger partial charge < -0.3 is 15.5 Å². The van der Waals surface area contributed by atoms with Gasteiger partial charge >= 0.3 is 0 Å². The number of nitrogens with one attached hydrogen (secondary N) is 2. The number of hydrogen-bond acceptors (Lipinski definition) is 8. The molecule has 3 atom stereocenters. The van der Waals surface area contributed by atoms with E-state index >= 15 is 0 Å². The quantitative estimate of drug-likeness (QED) is 0.194. The van der Waals surface area contributed by atoms with Gasteiger partial charge in [-0.15, -0.1) is 0 Å². The van der Waals surface area contributed by atoms with Crippen LogP contribution in [0.5, 0.6) is 0 Å². The van der Waals surface area contributed by atoms with Gasteiger partial charge in [0.2, 0.25) is 5.95 Å². The molecule has 0 amide bonds. The fraction of sp³-hybridized carbons (Fsp3) is 0.667. The first-order valence-electron chi connectivity index (χ1n) is 14.7. The maximum Gasteiger partial charge on any atom is 0.225 e. The van der Waals surface area contributed by atoms with Crippen LogP contribution in [-0.2, 0) is 11.5 Å². The highest BCUT2D eigenvalue weighted by molar-refractivity contribution is 5.47. The van der Waals surface area contributed by atoms with Gasteiger partial charge in [-0.05, 0) is 56.2 Å². The van der Waals surface area contributed by atoms with E-state index in [1.807, 2.05) is 6.92 Å².